The number of aromatic nitrogens is 1. The maximum Gasteiger partial charge on any atom is 0.258 e. The number of amides is 1. The van der Waals surface area contributed by atoms with Gasteiger partial charge in [0.25, 0.3) is 5.91 Å². The molecule has 4 rings (SSSR count). The molecule has 1 aliphatic carbocycles. The molecule has 22 heavy (non-hydrogen) atoms. The van der Waals surface area contributed by atoms with Crippen LogP contribution < -0.4 is 5.32 Å². The molecule has 3 aromatic rings. The van der Waals surface area contributed by atoms with Crippen LogP contribution in [0.3, 0.4) is 0 Å². The van der Waals surface area contributed by atoms with E-state index in [4.69, 9.17) is 0 Å². The summed E-state index contributed by atoms with van der Waals surface area (Å²) in [5, 5.41) is 5.65. The highest BCUT2D eigenvalue weighted by Gasteiger charge is 2.23. The zero-order valence-corrected chi connectivity index (χ0v) is 13.9. The molecule has 5 heteroatoms. The van der Waals surface area contributed by atoms with Gasteiger partial charge >= 0.3 is 0 Å². The molecule has 0 bridgehead atoms. The van der Waals surface area contributed by atoms with Crippen LogP contribution >= 0.6 is 22.7 Å². The molecule has 1 N–H and O–H groups in total. The van der Waals surface area contributed by atoms with Gasteiger partial charge < -0.3 is 0 Å². The van der Waals surface area contributed by atoms with Gasteiger partial charge in [-0.05, 0) is 42.9 Å². The third kappa shape index (κ3) is 2.44. The molecular weight excluding hydrogens is 312 g/mol. The van der Waals surface area contributed by atoms with Gasteiger partial charge in [0, 0.05) is 10.3 Å². The van der Waals surface area contributed by atoms with Crippen molar-refractivity contribution in [1.29, 1.82) is 0 Å². The van der Waals surface area contributed by atoms with Crippen molar-refractivity contribution >= 4 is 43.9 Å². The third-order valence-electron chi connectivity index (χ3n) is 4.16. The summed E-state index contributed by atoms with van der Waals surface area (Å²) >= 11 is 3.24. The Morgan fingerprint density at radius 2 is 2.23 bits per heavy atom. The lowest BCUT2D eigenvalue weighted by atomic mass is 9.88. The van der Waals surface area contributed by atoms with Crippen LogP contribution in [0.15, 0.2) is 29.6 Å². The number of hydrogen-bond donors (Lipinski definition) is 1. The number of carbonyl (C=O) groups excluding carboxylic acids is 1. The lowest BCUT2D eigenvalue weighted by Gasteiger charge is -2.18. The Balaban J connectivity index is 1.60. The first kappa shape index (κ1) is 13.9. The van der Waals surface area contributed by atoms with Crippen LogP contribution in [-0.2, 0) is 12.8 Å². The molecule has 1 aromatic carbocycles. The van der Waals surface area contributed by atoms with Crippen molar-refractivity contribution in [2.24, 2.45) is 5.92 Å². The SMILES string of the molecule is C[C@@H]1CCc2c(C(=O)Nc3nc4ccccc4s3)csc2C1. The molecule has 2 aromatic heterocycles. The summed E-state index contributed by atoms with van der Waals surface area (Å²) in [4.78, 5) is 18.4. The summed E-state index contributed by atoms with van der Waals surface area (Å²) in [7, 11) is 0. The highest BCUT2D eigenvalue weighted by Crippen LogP contribution is 2.33. The quantitative estimate of drug-likeness (QED) is 0.738. The summed E-state index contributed by atoms with van der Waals surface area (Å²) < 4.78 is 1.10. The van der Waals surface area contributed by atoms with E-state index in [0.717, 1.165) is 34.5 Å². The zero-order valence-electron chi connectivity index (χ0n) is 12.3. The number of thiophene rings is 1. The number of rotatable bonds is 2. The predicted octanol–water partition coefficient (Wildman–Crippen LogP) is 4.73. The first-order valence-corrected chi connectivity index (χ1v) is 9.16. The molecule has 0 aliphatic heterocycles. The fourth-order valence-electron chi connectivity index (χ4n) is 2.96. The third-order valence-corrected chi connectivity index (χ3v) is 6.16. The molecule has 2 heterocycles. The van der Waals surface area contributed by atoms with Gasteiger partial charge in [0.1, 0.15) is 0 Å². The van der Waals surface area contributed by atoms with Crippen molar-refractivity contribution in [1.82, 2.24) is 4.98 Å². The van der Waals surface area contributed by atoms with Crippen LogP contribution in [0.25, 0.3) is 10.2 Å². The van der Waals surface area contributed by atoms with Crippen LogP contribution in [0.4, 0.5) is 5.13 Å². The molecule has 0 spiro atoms. The molecule has 0 saturated carbocycles. The van der Waals surface area contributed by atoms with Crippen LogP contribution in [0, 0.1) is 5.92 Å². The maximum absolute atomic E-state index is 12.6. The molecule has 0 fully saturated rings. The first-order chi connectivity index (χ1) is 10.7. The molecule has 0 saturated heterocycles. The number of carbonyl (C=O) groups is 1. The number of nitrogens with one attached hydrogen (secondary N) is 1. The highest BCUT2D eigenvalue weighted by atomic mass is 32.1. The Hall–Kier alpha value is -1.72. The first-order valence-electron chi connectivity index (χ1n) is 7.47. The van der Waals surface area contributed by atoms with E-state index in [0.29, 0.717) is 5.13 Å². The smallest absolute Gasteiger partial charge is 0.258 e. The Kier molecular flexibility index (Phi) is 3.47. The van der Waals surface area contributed by atoms with E-state index in [1.54, 1.807) is 11.3 Å². The molecular formula is C17H16N2OS2. The highest BCUT2D eigenvalue weighted by molar-refractivity contribution is 7.22. The monoisotopic (exact) mass is 328 g/mol. The average molecular weight is 328 g/mol. The number of para-hydroxylation sites is 1. The van der Waals surface area contributed by atoms with Gasteiger partial charge in [-0.3, -0.25) is 10.1 Å². The largest absolute Gasteiger partial charge is 0.298 e. The molecule has 3 nitrogen and oxygen atoms in total. The average Bonchev–Trinajstić information content (AvgIpc) is 3.09. The lowest BCUT2D eigenvalue weighted by molar-refractivity contribution is 0.102. The minimum absolute atomic E-state index is 0.0221. The van der Waals surface area contributed by atoms with Crippen molar-refractivity contribution in [3.63, 3.8) is 0 Å². The second-order valence-electron chi connectivity index (χ2n) is 5.84. The number of nitrogens with zero attached hydrogens (tertiary/aromatic N) is 1. The second-order valence-corrected chi connectivity index (χ2v) is 7.83. The number of anilines is 1. The van der Waals surface area contributed by atoms with Crippen molar-refractivity contribution in [2.75, 3.05) is 5.32 Å². The van der Waals surface area contributed by atoms with E-state index in [9.17, 15) is 4.79 Å². The van der Waals surface area contributed by atoms with Crippen molar-refractivity contribution in [3.05, 3.63) is 45.6 Å². The Morgan fingerprint density at radius 1 is 1.36 bits per heavy atom. The van der Waals surface area contributed by atoms with E-state index in [1.807, 2.05) is 29.6 Å². The molecule has 0 unspecified atom stereocenters. The van der Waals surface area contributed by atoms with Gasteiger partial charge in [-0.25, -0.2) is 4.98 Å². The number of benzene rings is 1. The summed E-state index contributed by atoms with van der Waals surface area (Å²) in [6, 6.07) is 7.94. The normalized spacial score (nSPS) is 17.4. The summed E-state index contributed by atoms with van der Waals surface area (Å²) in [6.07, 6.45) is 3.29. The van der Waals surface area contributed by atoms with Gasteiger partial charge in [-0.1, -0.05) is 30.4 Å². The van der Waals surface area contributed by atoms with Crippen molar-refractivity contribution < 1.29 is 4.79 Å². The van der Waals surface area contributed by atoms with Crippen LogP contribution in [0.5, 0.6) is 0 Å². The van der Waals surface area contributed by atoms with Gasteiger partial charge in [0.2, 0.25) is 0 Å². The van der Waals surface area contributed by atoms with E-state index in [2.05, 4.69) is 17.2 Å². The van der Waals surface area contributed by atoms with E-state index in [-0.39, 0.29) is 5.91 Å². The van der Waals surface area contributed by atoms with Gasteiger partial charge in [0.05, 0.1) is 15.8 Å². The molecule has 1 aliphatic rings. The second kappa shape index (κ2) is 5.48. The predicted molar refractivity (Wildman–Crippen MR) is 93.1 cm³/mol. The Labute approximate surface area is 137 Å². The maximum atomic E-state index is 12.6. The van der Waals surface area contributed by atoms with Gasteiger partial charge in [0.15, 0.2) is 5.13 Å². The minimum Gasteiger partial charge on any atom is -0.298 e. The Bertz CT molecular complexity index is 816. The van der Waals surface area contributed by atoms with E-state index >= 15 is 0 Å². The van der Waals surface area contributed by atoms with Crippen LogP contribution in [0.2, 0.25) is 0 Å². The summed E-state index contributed by atoms with van der Waals surface area (Å²) in [6.45, 7) is 2.28. The standard InChI is InChI=1S/C17H16N2OS2/c1-10-6-7-11-12(9-21-15(11)8-10)16(20)19-17-18-13-4-2-3-5-14(13)22-17/h2-5,9-10H,6-8H2,1H3,(H,18,19,20)/t10-/m1/s1. The number of thiazole rings is 1. The minimum atomic E-state index is -0.0221. The fourth-order valence-corrected chi connectivity index (χ4v) is 5.06. The van der Waals surface area contributed by atoms with E-state index in [1.165, 1.54) is 28.2 Å². The van der Waals surface area contributed by atoms with Crippen LogP contribution in [-0.4, -0.2) is 10.9 Å². The number of fused-ring (bicyclic) bond motifs is 2. The van der Waals surface area contributed by atoms with E-state index < -0.39 is 0 Å². The fraction of sp³-hybridized carbons (Fsp3) is 0.294. The summed E-state index contributed by atoms with van der Waals surface area (Å²) in [5.41, 5.74) is 3.02. The van der Waals surface area contributed by atoms with Crippen molar-refractivity contribution in [3.8, 4) is 0 Å². The zero-order chi connectivity index (χ0) is 15.1. The van der Waals surface area contributed by atoms with Gasteiger partial charge in [-0.15, -0.1) is 11.3 Å². The Morgan fingerprint density at radius 3 is 3.09 bits per heavy atom. The molecule has 1 atom stereocenters. The van der Waals surface area contributed by atoms with Crippen molar-refractivity contribution in [2.45, 2.75) is 26.2 Å². The van der Waals surface area contributed by atoms with Gasteiger partial charge in [-0.2, -0.15) is 0 Å². The molecule has 0 radical (unpaired) electrons. The summed E-state index contributed by atoms with van der Waals surface area (Å²) in [5.74, 6) is 0.706. The van der Waals surface area contributed by atoms with Crippen LogP contribution in [0.1, 0.15) is 34.1 Å². The lowest BCUT2D eigenvalue weighted by Crippen LogP contribution is -2.16. The number of hydrogen-bond acceptors (Lipinski definition) is 4. The molecule has 1 amide bonds. The molecule has 112 valence electrons. The topological polar surface area (TPSA) is 42.0 Å².